The van der Waals surface area contributed by atoms with E-state index in [-0.39, 0.29) is 24.5 Å². The smallest absolute Gasteiger partial charge is 0.215 e. The third-order valence-electron chi connectivity index (χ3n) is 2.16. The molecular weight excluding hydrogens is 204 g/mol. The summed E-state index contributed by atoms with van der Waals surface area (Å²) < 4.78 is 30.3. The van der Waals surface area contributed by atoms with E-state index in [9.17, 15) is 8.42 Å². The van der Waals surface area contributed by atoms with E-state index in [4.69, 9.17) is 10.5 Å². The summed E-state index contributed by atoms with van der Waals surface area (Å²) in [6.45, 7) is 4.79. The lowest BCUT2D eigenvalue weighted by molar-refractivity contribution is -0.0440. The Morgan fingerprint density at radius 3 is 2.29 bits per heavy atom. The number of morpholine rings is 1. The number of rotatable bonds is 3. The van der Waals surface area contributed by atoms with Gasteiger partial charge in [0.15, 0.2) is 0 Å². The van der Waals surface area contributed by atoms with Crippen molar-refractivity contribution in [3.05, 3.63) is 0 Å². The van der Waals surface area contributed by atoms with Crippen LogP contribution in [0.1, 0.15) is 13.8 Å². The van der Waals surface area contributed by atoms with Gasteiger partial charge in [0, 0.05) is 19.6 Å². The van der Waals surface area contributed by atoms with Gasteiger partial charge in [0.2, 0.25) is 10.0 Å². The topological polar surface area (TPSA) is 72.6 Å². The second-order valence-corrected chi connectivity index (χ2v) is 5.77. The SMILES string of the molecule is CC1CN(S(=O)(=O)CCN)CC(C)O1. The predicted octanol–water partition coefficient (Wildman–Crippen LogP) is -0.616. The highest BCUT2D eigenvalue weighted by molar-refractivity contribution is 7.89. The van der Waals surface area contributed by atoms with E-state index in [0.29, 0.717) is 13.1 Å². The van der Waals surface area contributed by atoms with Gasteiger partial charge >= 0.3 is 0 Å². The summed E-state index contributed by atoms with van der Waals surface area (Å²) in [7, 11) is -3.17. The molecule has 1 aliphatic rings. The van der Waals surface area contributed by atoms with Crippen molar-refractivity contribution in [2.45, 2.75) is 26.1 Å². The molecule has 84 valence electrons. The van der Waals surface area contributed by atoms with Gasteiger partial charge in [-0.05, 0) is 13.8 Å². The standard InChI is InChI=1S/C8H18N2O3S/c1-7-5-10(6-8(2)13-7)14(11,12)4-3-9/h7-8H,3-6,9H2,1-2H3. The van der Waals surface area contributed by atoms with E-state index in [1.165, 1.54) is 4.31 Å². The Kier molecular flexibility index (Phi) is 3.88. The predicted molar refractivity (Wildman–Crippen MR) is 54.4 cm³/mol. The molecule has 1 fully saturated rings. The molecule has 0 saturated carbocycles. The van der Waals surface area contributed by atoms with Gasteiger partial charge in [-0.15, -0.1) is 0 Å². The molecule has 5 nitrogen and oxygen atoms in total. The highest BCUT2D eigenvalue weighted by atomic mass is 32.2. The van der Waals surface area contributed by atoms with Crippen LogP contribution in [0.4, 0.5) is 0 Å². The molecular formula is C8H18N2O3S. The van der Waals surface area contributed by atoms with E-state index < -0.39 is 10.0 Å². The lowest BCUT2D eigenvalue weighted by Crippen LogP contribution is -2.49. The Morgan fingerprint density at radius 2 is 1.86 bits per heavy atom. The number of sulfonamides is 1. The molecule has 1 aliphatic heterocycles. The maximum Gasteiger partial charge on any atom is 0.215 e. The summed E-state index contributed by atoms with van der Waals surface area (Å²) in [6.07, 6.45) is -0.0717. The van der Waals surface area contributed by atoms with Crippen molar-refractivity contribution in [3.63, 3.8) is 0 Å². The molecule has 0 spiro atoms. The maximum atomic E-state index is 11.7. The molecule has 0 amide bonds. The van der Waals surface area contributed by atoms with E-state index in [0.717, 1.165) is 0 Å². The first-order valence-corrected chi connectivity index (χ1v) is 6.40. The molecule has 2 unspecified atom stereocenters. The number of ether oxygens (including phenoxy) is 1. The van der Waals surface area contributed by atoms with Crippen LogP contribution in [0.25, 0.3) is 0 Å². The van der Waals surface area contributed by atoms with E-state index >= 15 is 0 Å². The average molecular weight is 222 g/mol. The number of hydrogen-bond acceptors (Lipinski definition) is 4. The summed E-state index contributed by atoms with van der Waals surface area (Å²) >= 11 is 0. The van der Waals surface area contributed by atoms with Gasteiger partial charge < -0.3 is 10.5 Å². The second kappa shape index (κ2) is 4.57. The first-order valence-electron chi connectivity index (χ1n) is 4.79. The number of nitrogens with zero attached hydrogens (tertiary/aromatic N) is 1. The maximum absolute atomic E-state index is 11.7. The molecule has 1 saturated heterocycles. The van der Waals surface area contributed by atoms with Gasteiger partial charge in [-0.3, -0.25) is 0 Å². The van der Waals surface area contributed by atoms with Crippen LogP contribution in [-0.4, -0.2) is 50.3 Å². The molecule has 1 rings (SSSR count). The largest absolute Gasteiger partial charge is 0.373 e. The van der Waals surface area contributed by atoms with Crippen LogP contribution >= 0.6 is 0 Å². The summed E-state index contributed by atoms with van der Waals surface area (Å²) in [6, 6.07) is 0. The molecule has 1 heterocycles. The number of hydrogen-bond donors (Lipinski definition) is 1. The van der Waals surface area contributed by atoms with Crippen LogP contribution in [0.5, 0.6) is 0 Å². The van der Waals surface area contributed by atoms with Crippen LogP contribution in [0.3, 0.4) is 0 Å². The lowest BCUT2D eigenvalue weighted by atomic mass is 10.3. The zero-order valence-corrected chi connectivity index (χ0v) is 9.46. The third-order valence-corrected chi connectivity index (χ3v) is 3.99. The van der Waals surface area contributed by atoms with Crippen LogP contribution < -0.4 is 5.73 Å². The minimum atomic E-state index is -3.17. The quantitative estimate of drug-likeness (QED) is 0.691. The highest BCUT2D eigenvalue weighted by Crippen LogP contribution is 2.14. The van der Waals surface area contributed by atoms with Gasteiger partial charge in [-0.2, -0.15) is 4.31 Å². The van der Waals surface area contributed by atoms with Crippen molar-refractivity contribution < 1.29 is 13.2 Å². The van der Waals surface area contributed by atoms with Crippen LogP contribution in [-0.2, 0) is 14.8 Å². The van der Waals surface area contributed by atoms with Crippen molar-refractivity contribution >= 4 is 10.0 Å². The highest BCUT2D eigenvalue weighted by Gasteiger charge is 2.30. The normalized spacial score (nSPS) is 30.5. The molecule has 0 bridgehead atoms. The van der Waals surface area contributed by atoms with Gasteiger partial charge in [0.25, 0.3) is 0 Å². The second-order valence-electron chi connectivity index (χ2n) is 3.68. The Labute approximate surface area is 85.3 Å². The van der Waals surface area contributed by atoms with Crippen LogP contribution in [0.15, 0.2) is 0 Å². The molecule has 2 atom stereocenters. The van der Waals surface area contributed by atoms with Crippen molar-refractivity contribution in [2.24, 2.45) is 5.73 Å². The van der Waals surface area contributed by atoms with Crippen molar-refractivity contribution in [3.8, 4) is 0 Å². The summed E-state index contributed by atoms with van der Waals surface area (Å²) in [5.41, 5.74) is 5.25. The first-order chi connectivity index (χ1) is 6.45. The molecule has 0 aromatic rings. The molecule has 14 heavy (non-hydrogen) atoms. The van der Waals surface area contributed by atoms with Crippen molar-refractivity contribution in [1.82, 2.24) is 4.31 Å². The monoisotopic (exact) mass is 222 g/mol. The minimum Gasteiger partial charge on any atom is -0.373 e. The Balaban J connectivity index is 2.68. The Hall–Kier alpha value is -0.170. The van der Waals surface area contributed by atoms with Gasteiger partial charge in [0.1, 0.15) is 0 Å². The molecule has 2 N–H and O–H groups in total. The lowest BCUT2D eigenvalue weighted by Gasteiger charge is -2.34. The van der Waals surface area contributed by atoms with Crippen molar-refractivity contribution in [2.75, 3.05) is 25.4 Å². The summed E-state index contributed by atoms with van der Waals surface area (Å²) in [5.74, 6) is 0.0203. The first kappa shape index (κ1) is 11.9. The van der Waals surface area contributed by atoms with Gasteiger partial charge in [-0.25, -0.2) is 8.42 Å². The van der Waals surface area contributed by atoms with E-state index in [2.05, 4.69) is 0 Å². The van der Waals surface area contributed by atoms with Crippen LogP contribution in [0, 0.1) is 0 Å². The summed E-state index contributed by atoms with van der Waals surface area (Å²) in [5, 5.41) is 0. The van der Waals surface area contributed by atoms with Crippen molar-refractivity contribution in [1.29, 1.82) is 0 Å². The zero-order valence-electron chi connectivity index (χ0n) is 8.64. The Morgan fingerprint density at radius 1 is 1.36 bits per heavy atom. The summed E-state index contributed by atoms with van der Waals surface area (Å²) in [4.78, 5) is 0. The molecule has 0 radical (unpaired) electrons. The molecule has 0 aromatic heterocycles. The number of nitrogens with two attached hydrogens (primary N) is 1. The minimum absolute atomic E-state index is 0.0203. The van der Waals surface area contributed by atoms with E-state index in [1.807, 2.05) is 13.8 Å². The zero-order chi connectivity index (χ0) is 10.8. The molecule has 0 aliphatic carbocycles. The van der Waals surface area contributed by atoms with Gasteiger partial charge in [0.05, 0.1) is 18.0 Å². The fourth-order valence-electron chi connectivity index (χ4n) is 1.64. The Bertz CT molecular complexity index is 268. The molecule has 6 heteroatoms. The van der Waals surface area contributed by atoms with Gasteiger partial charge in [-0.1, -0.05) is 0 Å². The fourth-order valence-corrected chi connectivity index (χ4v) is 3.07. The van der Waals surface area contributed by atoms with E-state index in [1.54, 1.807) is 0 Å². The third kappa shape index (κ3) is 2.91. The molecule has 0 aromatic carbocycles. The average Bonchev–Trinajstić information content (AvgIpc) is 2.02. The van der Waals surface area contributed by atoms with Crippen LogP contribution in [0.2, 0.25) is 0 Å². The fraction of sp³-hybridized carbons (Fsp3) is 1.00.